The van der Waals surface area contributed by atoms with Crippen molar-refractivity contribution in [3.05, 3.63) is 83.9 Å². The van der Waals surface area contributed by atoms with Gasteiger partial charge in [-0.3, -0.25) is 4.79 Å². The molecule has 1 saturated heterocycles. The maximum atomic E-state index is 13.4. The molecule has 1 aliphatic rings. The number of carbonyl (C=O) groups is 2. The summed E-state index contributed by atoms with van der Waals surface area (Å²) in [5.74, 6) is 0.583. The van der Waals surface area contributed by atoms with E-state index in [1.807, 2.05) is 68.4 Å². The Balaban J connectivity index is 1.50. The van der Waals surface area contributed by atoms with Crippen molar-refractivity contribution in [2.24, 2.45) is 0 Å². The third-order valence-electron chi connectivity index (χ3n) is 6.27. The number of anilines is 3. The second-order valence-corrected chi connectivity index (χ2v) is 8.92. The van der Waals surface area contributed by atoms with Crippen LogP contribution in [0.2, 0.25) is 0 Å². The number of nitrogens with zero attached hydrogens (tertiary/aromatic N) is 1. The predicted molar refractivity (Wildman–Crippen MR) is 145 cm³/mol. The Morgan fingerprint density at radius 2 is 1.56 bits per heavy atom. The normalized spacial score (nSPS) is 14.0. The summed E-state index contributed by atoms with van der Waals surface area (Å²) in [6, 6.07) is 22.1. The van der Waals surface area contributed by atoms with Crippen molar-refractivity contribution in [1.29, 1.82) is 0 Å². The number of piperidine rings is 1. The van der Waals surface area contributed by atoms with Crippen LogP contribution in [0.15, 0.2) is 72.8 Å². The molecule has 36 heavy (non-hydrogen) atoms. The lowest BCUT2D eigenvalue weighted by Crippen LogP contribution is -2.33. The molecule has 0 radical (unpaired) electrons. The van der Waals surface area contributed by atoms with Crippen molar-refractivity contribution in [3.63, 3.8) is 0 Å². The molecule has 7 heteroatoms. The van der Waals surface area contributed by atoms with Gasteiger partial charge in [-0.1, -0.05) is 30.3 Å². The maximum absolute atomic E-state index is 13.4. The zero-order valence-electron chi connectivity index (χ0n) is 20.9. The van der Waals surface area contributed by atoms with Crippen LogP contribution in [-0.2, 0) is 0 Å². The monoisotopic (exact) mass is 486 g/mol. The molecule has 0 spiro atoms. The van der Waals surface area contributed by atoms with Crippen molar-refractivity contribution >= 4 is 29.0 Å². The lowest BCUT2D eigenvalue weighted by atomic mass is 10.0. The van der Waals surface area contributed by atoms with Crippen LogP contribution >= 0.6 is 0 Å². The molecule has 0 unspecified atom stereocenters. The van der Waals surface area contributed by atoms with Gasteiger partial charge < -0.3 is 25.6 Å². The molecule has 3 aromatic carbocycles. The second kappa shape index (κ2) is 12.1. The molecule has 1 fully saturated rings. The molecule has 4 rings (SSSR count). The van der Waals surface area contributed by atoms with Crippen molar-refractivity contribution in [2.75, 3.05) is 35.2 Å². The highest BCUT2D eigenvalue weighted by Crippen LogP contribution is 2.28. The van der Waals surface area contributed by atoms with Crippen molar-refractivity contribution in [3.8, 4) is 5.75 Å². The number of rotatable bonds is 8. The summed E-state index contributed by atoms with van der Waals surface area (Å²) in [7, 11) is 0. The number of hydrogen-bond acceptors (Lipinski definition) is 4. The van der Waals surface area contributed by atoms with E-state index in [0.717, 1.165) is 42.9 Å². The average molecular weight is 487 g/mol. The fourth-order valence-electron chi connectivity index (χ4n) is 4.40. The van der Waals surface area contributed by atoms with Crippen LogP contribution in [-0.4, -0.2) is 31.6 Å². The molecule has 1 atom stereocenters. The minimum absolute atomic E-state index is 0.146. The molecule has 188 valence electrons. The molecular formula is C29H34N4O3. The largest absolute Gasteiger partial charge is 0.494 e. The van der Waals surface area contributed by atoms with Gasteiger partial charge in [-0.2, -0.15) is 0 Å². The van der Waals surface area contributed by atoms with E-state index in [2.05, 4.69) is 20.9 Å². The maximum Gasteiger partial charge on any atom is 0.323 e. The van der Waals surface area contributed by atoms with Gasteiger partial charge in [0.05, 0.1) is 18.2 Å². The molecule has 3 amide bonds. The summed E-state index contributed by atoms with van der Waals surface area (Å²) in [5, 5.41) is 8.81. The first-order chi connectivity index (χ1) is 17.5. The summed E-state index contributed by atoms with van der Waals surface area (Å²) in [6.07, 6.45) is 3.41. The second-order valence-electron chi connectivity index (χ2n) is 8.92. The zero-order valence-corrected chi connectivity index (χ0v) is 20.9. The Morgan fingerprint density at radius 1 is 0.889 bits per heavy atom. The SMILES string of the molecule is CCOc1ccc(NC(=O)Nc2ccc(N3CCCCC3)c(C(=O)N[C@@H](C)c3ccccc3)c2)cc1. The van der Waals surface area contributed by atoms with Crippen LogP contribution in [0, 0.1) is 0 Å². The number of nitrogens with one attached hydrogen (secondary N) is 3. The molecule has 0 aliphatic carbocycles. The number of benzene rings is 3. The molecule has 0 bridgehead atoms. The van der Waals surface area contributed by atoms with Gasteiger partial charge in [-0.05, 0) is 81.1 Å². The highest BCUT2D eigenvalue weighted by Gasteiger charge is 2.21. The van der Waals surface area contributed by atoms with Crippen LogP contribution in [0.25, 0.3) is 0 Å². The van der Waals surface area contributed by atoms with Gasteiger partial charge >= 0.3 is 6.03 Å². The van der Waals surface area contributed by atoms with Gasteiger partial charge in [0.2, 0.25) is 0 Å². The average Bonchev–Trinajstić information content (AvgIpc) is 2.91. The Morgan fingerprint density at radius 3 is 2.25 bits per heavy atom. The standard InChI is InChI=1S/C29H34N4O3/c1-3-36-25-15-12-23(13-16-25)31-29(35)32-24-14-17-27(33-18-8-5-9-19-33)26(20-24)28(34)30-21(2)22-10-6-4-7-11-22/h4,6-7,10-17,20-21H,3,5,8-9,18-19H2,1-2H3,(H,30,34)(H2,31,32,35)/t21-/m0/s1. The lowest BCUT2D eigenvalue weighted by molar-refractivity contribution is 0.0940. The summed E-state index contributed by atoms with van der Waals surface area (Å²) in [4.78, 5) is 28.3. The first-order valence-corrected chi connectivity index (χ1v) is 12.6. The van der Waals surface area contributed by atoms with E-state index in [4.69, 9.17) is 4.74 Å². The van der Waals surface area contributed by atoms with E-state index in [9.17, 15) is 9.59 Å². The Kier molecular flexibility index (Phi) is 8.44. The minimum Gasteiger partial charge on any atom is -0.494 e. The van der Waals surface area contributed by atoms with E-state index < -0.39 is 0 Å². The topological polar surface area (TPSA) is 82.7 Å². The van der Waals surface area contributed by atoms with Gasteiger partial charge in [0.1, 0.15) is 5.75 Å². The molecule has 7 nitrogen and oxygen atoms in total. The summed E-state index contributed by atoms with van der Waals surface area (Å²) >= 11 is 0. The first-order valence-electron chi connectivity index (χ1n) is 12.6. The van der Waals surface area contributed by atoms with Crippen LogP contribution in [0.3, 0.4) is 0 Å². The molecule has 3 aromatic rings. The van der Waals surface area contributed by atoms with E-state index in [1.165, 1.54) is 6.42 Å². The summed E-state index contributed by atoms with van der Waals surface area (Å²) in [5.41, 5.74) is 3.69. The minimum atomic E-state index is -0.381. The number of carbonyl (C=O) groups excluding carboxylic acids is 2. The van der Waals surface area contributed by atoms with Gasteiger partial charge in [0.25, 0.3) is 5.91 Å². The molecular weight excluding hydrogens is 452 g/mol. The van der Waals surface area contributed by atoms with Crippen LogP contribution in [0.1, 0.15) is 55.1 Å². The Labute approximate surface area is 212 Å². The van der Waals surface area contributed by atoms with Gasteiger partial charge in [0.15, 0.2) is 0 Å². The highest BCUT2D eigenvalue weighted by molar-refractivity contribution is 6.04. The van der Waals surface area contributed by atoms with Gasteiger partial charge in [-0.15, -0.1) is 0 Å². The van der Waals surface area contributed by atoms with E-state index in [1.54, 1.807) is 18.2 Å². The molecule has 1 aliphatic heterocycles. The van der Waals surface area contributed by atoms with Crippen LogP contribution in [0.4, 0.5) is 21.9 Å². The van der Waals surface area contributed by atoms with E-state index in [0.29, 0.717) is 23.5 Å². The number of urea groups is 1. The predicted octanol–water partition coefficient (Wildman–Crippen LogP) is 6.21. The third-order valence-corrected chi connectivity index (χ3v) is 6.27. The number of hydrogen-bond donors (Lipinski definition) is 3. The Bertz CT molecular complexity index is 1160. The fraction of sp³-hybridized carbons (Fsp3) is 0.310. The van der Waals surface area contributed by atoms with Crippen LogP contribution in [0.5, 0.6) is 5.75 Å². The highest BCUT2D eigenvalue weighted by atomic mass is 16.5. The number of ether oxygens (including phenoxy) is 1. The lowest BCUT2D eigenvalue weighted by Gasteiger charge is -2.31. The van der Waals surface area contributed by atoms with Gasteiger partial charge in [0, 0.05) is 30.2 Å². The van der Waals surface area contributed by atoms with Crippen molar-refractivity contribution in [1.82, 2.24) is 5.32 Å². The number of amides is 3. The molecule has 1 heterocycles. The summed E-state index contributed by atoms with van der Waals surface area (Å²) in [6.45, 7) is 6.31. The van der Waals surface area contributed by atoms with Gasteiger partial charge in [-0.25, -0.2) is 4.79 Å². The van der Waals surface area contributed by atoms with Crippen LogP contribution < -0.4 is 25.6 Å². The first kappa shape index (κ1) is 25.1. The van der Waals surface area contributed by atoms with Crippen molar-refractivity contribution in [2.45, 2.75) is 39.2 Å². The van der Waals surface area contributed by atoms with Crippen molar-refractivity contribution < 1.29 is 14.3 Å². The quantitative estimate of drug-likeness (QED) is 0.353. The molecule has 0 aromatic heterocycles. The molecule has 3 N–H and O–H groups in total. The smallest absolute Gasteiger partial charge is 0.323 e. The van der Waals surface area contributed by atoms with E-state index in [-0.39, 0.29) is 18.0 Å². The fourth-order valence-corrected chi connectivity index (χ4v) is 4.40. The zero-order chi connectivity index (χ0) is 25.3. The molecule has 0 saturated carbocycles. The summed E-state index contributed by atoms with van der Waals surface area (Å²) < 4.78 is 5.44. The van der Waals surface area contributed by atoms with E-state index >= 15 is 0 Å². The third kappa shape index (κ3) is 6.56. The Hall–Kier alpha value is -4.00.